The summed E-state index contributed by atoms with van der Waals surface area (Å²) in [7, 11) is 0. The molecule has 4 aromatic heterocycles. The lowest BCUT2D eigenvalue weighted by Gasteiger charge is -2.14. The monoisotopic (exact) mass is 1460 g/mol. The van der Waals surface area contributed by atoms with Gasteiger partial charge < -0.3 is 9.47 Å². The van der Waals surface area contributed by atoms with Gasteiger partial charge >= 0.3 is 0 Å². The molecule has 536 valence electrons. The zero-order valence-corrected chi connectivity index (χ0v) is 61.8. The van der Waals surface area contributed by atoms with E-state index in [1.807, 2.05) is 188 Å². The first kappa shape index (κ1) is 69.0. The van der Waals surface area contributed by atoms with Crippen LogP contribution in [0.5, 0.6) is 23.0 Å². The molecule has 0 amide bonds. The van der Waals surface area contributed by atoms with Crippen LogP contribution in [0.2, 0.25) is 0 Å². The number of benzene rings is 16. The van der Waals surface area contributed by atoms with Crippen LogP contribution in [0.15, 0.2) is 419 Å². The van der Waals surface area contributed by atoms with E-state index in [-0.39, 0.29) is 0 Å². The van der Waals surface area contributed by atoms with Gasteiger partial charge in [-0.15, -0.1) is 0 Å². The molecule has 0 fully saturated rings. The standard InChI is InChI=1S/C53H35N3O.C52H34N4O/c1-4-13-38(14-5-1)45-20-12-21-47-51(45)46-19-10-11-22-48(46)54-52(47)41-25-23-36(24-26-41)37-27-31-43(32-28-37)57-44-33-29-40(30-34-44)50-35-49(39-15-6-2-7-16-39)55-53(56-50)42-17-8-3-9-18-42;1-4-13-37(14-5-1)44-20-12-21-46-48(44)45-19-10-11-22-47(45)53-49(46)38-25-23-35(24-26-38)36-27-31-42(32-28-36)57-43-33-29-41(30-34-43)52-55-50(39-15-6-2-7-16-39)54-51(56-52)40-17-8-3-9-18-40/h1-35H;1-34H. The molecule has 0 aliphatic carbocycles. The van der Waals surface area contributed by atoms with E-state index in [9.17, 15) is 0 Å². The first-order valence-corrected chi connectivity index (χ1v) is 38.1. The van der Waals surface area contributed by atoms with Crippen molar-refractivity contribution in [2.24, 2.45) is 0 Å². The normalized spacial score (nSPS) is 11.2. The van der Waals surface area contributed by atoms with Crippen molar-refractivity contribution in [2.45, 2.75) is 0 Å². The number of aromatic nitrogens is 7. The fraction of sp³-hybridized carbons (Fsp3) is 0. The fourth-order valence-electron chi connectivity index (χ4n) is 14.9. The highest BCUT2D eigenvalue weighted by molar-refractivity contribution is 6.18. The third kappa shape index (κ3) is 14.5. The van der Waals surface area contributed by atoms with E-state index in [1.165, 1.54) is 33.0 Å². The van der Waals surface area contributed by atoms with E-state index < -0.39 is 0 Å². The molecule has 20 aromatic rings. The van der Waals surface area contributed by atoms with Crippen molar-refractivity contribution in [3.05, 3.63) is 419 Å². The van der Waals surface area contributed by atoms with Gasteiger partial charge in [0, 0.05) is 76.8 Å². The van der Waals surface area contributed by atoms with Crippen LogP contribution in [-0.2, 0) is 0 Å². The minimum Gasteiger partial charge on any atom is -0.457 e. The minimum absolute atomic E-state index is 0.603. The number of ether oxygens (including phenoxy) is 2. The maximum absolute atomic E-state index is 6.30. The van der Waals surface area contributed by atoms with E-state index in [4.69, 9.17) is 44.4 Å². The predicted octanol–water partition coefficient (Wildman–Crippen LogP) is 27.3. The lowest BCUT2D eigenvalue weighted by molar-refractivity contribution is 0.482. The summed E-state index contributed by atoms with van der Waals surface area (Å²) in [6.45, 7) is 0. The molecule has 0 unspecified atom stereocenters. The van der Waals surface area contributed by atoms with Crippen molar-refractivity contribution >= 4 is 43.4 Å². The molecular formula is C105H69N7O2. The van der Waals surface area contributed by atoms with E-state index >= 15 is 0 Å². The molecule has 0 saturated carbocycles. The Hall–Kier alpha value is -15.5. The van der Waals surface area contributed by atoms with Gasteiger partial charge in [-0.3, -0.25) is 0 Å². The second kappa shape index (κ2) is 31.3. The van der Waals surface area contributed by atoms with Gasteiger partial charge in [-0.2, -0.15) is 0 Å². The maximum atomic E-state index is 6.30. The van der Waals surface area contributed by atoms with Crippen molar-refractivity contribution in [2.75, 3.05) is 0 Å². The smallest absolute Gasteiger partial charge is 0.164 e. The van der Waals surface area contributed by atoms with Crippen molar-refractivity contribution in [1.82, 2.24) is 34.9 Å². The van der Waals surface area contributed by atoms with Gasteiger partial charge in [0.1, 0.15) is 23.0 Å². The number of hydrogen-bond acceptors (Lipinski definition) is 9. The van der Waals surface area contributed by atoms with E-state index in [2.05, 4.69) is 231 Å². The Bertz CT molecular complexity index is 6270. The molecule has 0 saturated heterocycles. The number of fused-ring (bicyclic) bond motifs is 6. The van der Waals surface area contributed by atoms with Gasteiger partial charge in [0.15, 0.2) is 23.3 Å². The summed E-state index contributed by atoms with van der Waals surface area (Å²) in [5.74, 6) is 5.55. The molecule has 0 spiro atoms. The second-order valence-corrected chi connectivity index (χ2v) is 27.8. The molecule has 0 N–H and O–H groups in total. The zero-order chi connectivity index (χ0) is 75.9. The number of hydrogen-bond donors (Lipinski definition) is 0. The van der Waals surface area contributed by atoms with E-state index in [0.29, 0.717) is 23.3 Å². The van der Waals surface area contributed by atoms with Gasteiger partial charge in [-0.25, -0.2) is 34.9 Å². The molecule has 20 rings (SSSR count). The quantitative estimate of drug-likeness (QED) is 0.0874. The van der Waals surface area contributed by atoms with Gasteiger partial charge in [0.25, 0.3) is 0 Å². The highest BCUT2D eigenvalue weighted by atomic mass is 16.5. The Labute approximate surface area is 660 Å². The van der Waals surface area contributed by atoms with Crippen LogP contribution < -0.4 is 9.47 Å². The third-order valence-electron chi connectivity index (χ3n) is 20.6. The highest BCUT2D eigenvalue weighted by Crippen LogP contribution is 2.43. The molecule has 0 aliphatic heterocycles. The summed E-state index contributed by atoms with van der Waals surface area (Å²) in [4.78, 5) is 34.8. The largest absolute Gasteiger partial charge is 0.457 e. The van der Waals surface area contributed by atoms with Crippen molar-refractivity contribution in [3.8, 4) is 158 Å². The Morgan fingerprint density at radius 1 is 0.158 bits per heavy atom. The highest BCUT2D eigenvalue weighted by Gasteiger charge is 2.20. The summed E-state index contributed by atoms with van der Waals surface area (Å²) in [5, 5.41) is 7.04. The molecule has 114 heavy (non-hydrogen) atoms. The Morgan fingerprint density at radius 3 is 0.754 bits per heavy atom. The first-order valence-electron chi connectivity index (χ1n) is 38.1. The minimum atomic E-state index is 0.603. The average molecular weight is 1460 g/mol. The lowest BCUT2D eigenvalue weighted by Crippen LogP contribution is -2.00. The van der Waals surface area contributed by atoms with Crippen LogP contribution in [0.1, 0.15) is 0 Å². The molecule has 0 aliphatic rings. The number of para-hydroxylation sites is 2. The number of pyridine rings is 2. The topological polar surface area (TPSA) is 109 Å². The lowest BCUT2D eigenvalue weighted by atomic mass is 9.92. The number of rotatable bonds is 16. The van der Waals surface area contributed by atoms with Gasteiger partial charge in [0.2, 0.25) is 0 Å². The van der Waals surface area contributed by atoms with Crippen molar-refractivity contribution in [1.29, 1.82) is 0 Å². The Kier molecular flexibility index (Phi) is 18.9. The van der Waals surface area contributed by atoms with Crippen molar-refractivity contribution in [3.63, 3.8) is 0 Å². The summed E-state index contributed by atoms with van der Waals surface area (Å²) in [5.41, 5.74) is 22.8. The predicted molar refractivity (Wildman–Crippen MR) is 466 cm³/mol. The Balaban J connectivity index is 0.000000153. The maximum Gasteiger partial charge on any atom is 0.164 e. The molecule has 0 radical (unpaired) electrons. The van der Waals surface area contributed by atoms with Crippen LogP contribution in [0.3, 0.4) is 0 Å². The summed E-state index contributed by atoms with van der Waals surface area (Å²) < 4.78 is 12.6. The van der Waals surface area contributed by atoms with Crippen LogP contribution >= 0.6 is 0 Å². The number of nitrogens with zero attached hydrogens (tertiary/aromatic N) is 7. The summed E-state index contributed by atoms with van der Waals surface area (Å²) in [6.07, 6.45) is 0. The molecule has 4 heterocycles. The van der Waals surface area contributed by atoms with Gasteiger partial charge in [-0.05, 0) is 136 Å². The molecule has 16 aromatic carbocycles. The third-order valence-corrected chi connectivity index (χ3v) is 20.6. The second-order valence-electron chi connectivity index (χ2n) is 27.8. The van der Waals surface area contributed by atoms with Crippen molar-refractivity contribution < 1.29 is 9.47 Å². The molecule has 9 heteroatoms. The van der Waals surface area contributed by atoms with E-state index in [1.54, 1.807) is 0 Å². The van der Waals surface area contributed by atoms with Gasteiger partial charge in [-0.1, -0.05) is 328 Å². The molecule has 0 atom stereocenters. The van der Waals surface area contributed by atoms with E-state index in [0.717, 1.165) is 145 Å². The van der Waals surface area contributed by atoms with Crippen LogP contribution in [0.25, 0.3) is 178 Å². The van der Waals surface area contributed by atoms with Crippen LogP contribution in [0, 0.1) is 0 Å². The zero-order valence-electron chi connectivity index (χ0n) is 61.8. The summed E-state index contributed by atoms with van der Waals surface area (Å²) in [6, 6.07) is 143. The van der Waals surface area contributed by atoms with Gasteiger partial charge in [0.05, 0.1) is 33.8 Å². The van der Waals surface area contributed by atoms with Crippen LogP contribution in [0.4, 0.5) is 0 Å². The summed E-state index contributed by atoms with van der Waals surface area (Å²) >= 11 is 0. The average Bonchev–Trinajstić information content (AvgIpc) is 0.745. The molecule has 9 nitrogen and oxygen atoms in total. The SMILES string of the molecule is c1ccc(-c2cc(-c3ccc(Oc4ccc(-c5ccc(-c6nc7ccccc7c7c(-c8ccccc8)cccc67)cc5)cc4)cc3)nc(-c3ccccc3)n2)cc1.c1ccc(-c2nc(-c3ccccc3)nc(-c3ccc(Oc4ccc(-c5ccc(-c6nc7ccccc7c7c(-c8ccccc8)cccc67)cc5)cc4)cc3)n2)cc1. The van der Waals surface area contributed by atoms with Crippen LogP contribution in [-0.4, -0.2) is 34.9 Å². The molecule has 0 bridgehead atoms. The Morgan fingerprint density at radius 2 is 0.404 bits per heavy atom. The molecular weight excluding hydrogens is 1390 g/mol. The fourth-order valence-corrected chi connectivity index (χ4v) is 14.9. The first-order chi connectivity index (χ1) is 56.5.